The van der Waals surface area contributed by atoms with Gasteiger partial charge in [-0.15, -0.1) is 0 Å². The van der Waals surface area contributed by atoms with Gasteiger partial charge in [-0.25, -0.2) is 0 Å². The van der Waals surface area contributed by atoms with Crippen LogP contribution in [0.25, 0.3) is 0 Å². The van der Waals surface area contributed by atoms with Crippen molar-refractivity contribution in [2.75, 3.05) is 5.73 Å². The number of hydrogen-bond acceptors (Lipinski definition) is 4. The lowest BCUT2D eigenvalue weighted by atomic mass is 10.1. The molecule has 2 aliphatic heterocycles. The van der Waals surface area contributed by atoms with Gasteiger partial charge in [0.2, 0.25) is 0 Å². The van der Waals surface area contributed by atoms with E-state index >= 15 is 0 Å². The zero-order valence-corrected chi connectivity index (χ0v) is 6.46. The average Bonchev–Trinajstić information content (AvgIpc) is 2.58. The molecule has 0 aromatic heterocycles. The Morgan fingerprint density at radius 3 is 2.75 bits per heavy atom. The molecule has 2 bridgehead atoms. The maximum absolute atomic E-state index is 5.70. The molecule has 2 aliphatic rings. The van der Waals surface area contributed by atoms with Crippen LogP contribution in [0.2, 0.25) is 0 Å². The van der Waals surface area contributed by atoms with Crippen molar-refractivity contribution in [1.29, 1.82) is 0 Å². The highest BCUT2D eigenvalue weighted by molar-refractivity contribution is 6.43. The largest absolute Gasteiger partial charge is 0.864 e. The fraction of sp³-hybridized carbons (Fsp3) is 0.143. The molecule has 1 aromatic rings. The summed E-state index contributed by atoms with van der Waals surface area (Å²) in [7, 11) is -0.579. The van der Waals surface area contributed by atoms with Crippen LogP contribution >= 0.6 is 0 Å². The second-order valence-electron chi connectivity index (χ2n) is 2.89. The molecule has 1 aromatic carbocycles. The molecule has 60 valence electrons. The summed E-state index contributed by atoms with van der Waals surface area (Å²) in [6.07, 6.45) is 0. The van der Waals surface area contributed by atoms with Crippen molar-refractivity contribution in [3.63, 3.8) is 0 Å². The van der Waals surface area contributed by atoms with E-state index in [-0.39, 0.29) is 0 Å². The van der Waals surface area contributed by atoms with Gasteiger partial charge in [-0.05, 0) is 6.92 Å². The Labute approximate surface area is 69.4 Å². The molecule has 2 N–H and O–H groups in total. The van der Waals surface area contributed by atoms with Gasteiger partial charge in [-0.3, -0.25) is 0 Å². The lowest BCUT2D eigenvalue weighted by Gasteiger charge is -2.12. The van der Waals surface area contributed by atoms with E-state index in [9.17, 15) is 0 Å². The highest BCUT2D eigenvalue weighted by Gasteiger charge is 2.47. The number of benzene rings is 1. The first-order chi connectivity index (χ1) is 5.75. The molecule has 2 heterocycles. The number of anilines is 1. The maximum Gasteiger partial charge on any atom is 0.864 e. The normalized spacial score (nSPS) is 15.6. The molecule has 5 heteroatoms. The molecule has 0 unspecified atom stereocenters. The molecular formula is C7H6BNO3. The summed E-state index contributed by atoms with van der Waals surface area (Å²) in [5.74, 6) is 2.09. The zero-order chi connectivity index (χ0) is 8.29. The van der Waals surface area contributed by atoms with Crippen molar-refractivity contribution in [2.45, 2.75) is 6.92 Å². The van der Waals surface area contributed by atoms with Gasteiger partial charge in [0.05, 0.1) is 0 Å². The highest BCUT2D eigenvalue weighted by Crippen LogP contribution is 2.51. The topological polar surface area (TPSA) is 53.7 Å². The van der Waals surface area contributed by atoms with Crippen LogP contribution in [-0.2, 0) is 0 Å². The molecule has 0 spiro atoms. The highest BCUT2D eigenvalue weighted by atomic mass is 16.8. The van der Waals surface area contributed by atoms with E-state index in [0.29, 0.717) is 17.2 Å². The summed E-state index contributed by atoms with van der Waals surface area (Å²) in [5.41, 5.74) is 7.29. The monoisotopic (exact) mass is 163 g/mol. The van der Waals surface area contributed by atoms with E-state index in [4.69, 9.17) is 19.7 Å². The molecule has 0 radical (unpaired) electrons. The molecule has 3 rings (SSSR count). The lowest BCUT2D eigenvalue weighted by molar-refractivity contribution is 0.382. The minimum atomic E-state index is -0.579. The lowest BCUT2D eigenvalue weighted by Crippen LogP contribution is -2.29. The molecule has 12 heavy (non-hydrogen) atoms. The summed E-state index contributed by atoms with van der Waals surface area (Å²) in [4.78, 5) is 0. The summed E-state index contributed by atoms with van der Waals surface area (Å²) in [5, 5.41) is 0. The van der Waals surface area contributed by atoms with E-state index in [0.717, 1.165) is 11.3 Å². The van der Waals surface area contributed by atoms with Crippen molar-refractivity contribution in [3.8, 4) is 17.2 Å². The van der Waals surface area contributed by atoms with Gasteiger partial charge in [0.1, 0.15) is 0 Å². The Balaban J connectivity index is 2.38. The standard InChI is InChI=1S/C7H6BNO3/c1-3-4(9)2-5-7-6(3)11-8(10-5)12-7/h2H,9H2,1H3. The molecule has 0 atom stereocenters. The predicted molar refractivity (Wildman–Crippen MR) is 43.2 cm³/mol. The number of hydrogen-bond donors (Lipinski definition) is 1. The molecular weight excluding hydrogens is 157 g/mol. The minimum Gasteiger partial charge on any atom is -0.486 e. The quantitative estimate of drug-likeness (QED) is 0.452. The molecule has 4 nitrogen and oxygen atoms in total. The Hall–Kier alpha value is -1.52. The first-order valence-corrected chi connectivity index (χ1v) is 3.69. The van der Waals surface area contributed by atoms with E-state index in [2.05, 4.69) is 0 Å². The van der Waals surface area contributed by atoms with Crippen LogP contribution in [0.4, 0.5) is 5.69 Å². The number of nitrogens with two attached hydrogens (primary N) is 1. The molecule has 0 saturated carbocycles. The Morgan fingerprint density at radius 1 is 1.25 bits per heavy atom. The van der Waals surface area contributed by atoms with E-state index < -0.39 is 7.32 Å². The van der Waals surface area contributed by atoms with Gasteiger partial charge in [-0.1, -0.05) is 0 Å². The van der Waals surface area contributed by atoms with E-state index in [1.807, 2.05) is 6.92 Å². The van der Waals surface area contributed by atoms with Crippen LogP contribution in [0.15, 0.2) is 6.07 Å². The molecule has 0 aliphatic carbocycles. The zero-order valence-electron chi connectivity index (χ0n) is 6.46. The second kappa shape index (κ2) is 1.63. The third-order valence-electron chi connectivity index (χ3n) is 2.14. The summed E-state index contributed by atoms with van der Waals surface area (Å²) in [6, 6.07) is 1.76. The van der Waals surface area contributed by atoms with Crippen molar-refractivity contribution in [1.82, 2.24) is 0 Å². The fourth-order valence-corrected chi connectivity index (χ4v) is 1.44. The maximum atomic E-state index is 5.70. The third kappa shape index (κ3) is 0.512. The third-order valence-corrected chi connectivity index (χ3v) is 2.14. The van der Waals surface area contributed by atoms with Gasteiger partial charge in [0.25, 0.3) is 0 Å². The molecule has 0 fully saturated rings. The summed E-state index contributed by atoms with van der Waals surface area (Å²) >= 11 is 0. The number of nitrogen functional groups attached to an aromatic ring is 1. The van der Waals surface area contributed by atoms with E-state index in [1.165, 1.54) is 0 Å². The van der Waals surface area contributed by atoms with Gasteiger partial charge in [0.15, 0.2) is 17.2 Å². The van der Waals surface area contributed by atoms with Gasteiger partial charge in [-0.2, -0.15) is 0 Å². The first-order valence-electron chi connectivity index (χ1n) is 3.69. The van der Waals surface area contributed by atoms with Gasteiger partial charge >= 0.3 is 7.32 Å². The average molecular weight is 163 g/mol. The van der Waals surface area contributed by atoms with Crippen molar-refractivity contribution in [2.24, 2.45) is 0 Å². The van der Waals surface area contributed by atoms with Crippen LogP contribution in [0.5, 0.6) is 17.2 Å². The van der Waals surface area contributed by atoms with Crippen LogP contribution in [0.3, 0.4) is 0 Å². The van der Waals surface area contributed by atoms with Crippen LogP contribution in [0, 0.1) is 6.92 Å². The minimum absolute atomic E-state index is 0.579. The predicted octanol–water partition coefficient (Wildman–Crippen LogP) is 0.726. The van der Waals surface area contributed by atoms with Crippen LogP contribution < -0.4 is 19.7 Å². The Bertz CT molecular complexity index is 377. The smallest absolute Gasteiger partial charge is 0.486 e. The van der Waals surface area contributed by atoms with Crippen LogP contribution in [-0.4, -0.2) is 7.32 Å². The second-order valence-corrected chi connectivity index (χ2v) is 2.89. The SMILES string of the molecule is Cc1c(N)cc2c3c1OB(O2)O3. The fourth-order valence-electron chi connectivity index (χ4n) is 1.44. The molecule has 0 saturated heterocycles. The van der Waals surface area contributed by atoms with Crippen molar-refractivity contribution >= 4 is 13.0 Å². The first kappa shape index (κ1) is 6.05. The van der Waals surface area contributed by atoms with Gasteiger partial charge in [0, 0.05) is 17.3 Å². The Morgan fingerprint density at radius 2 is 2.00 bits per heavy atom. The molecule has 0 amide bonds. The van der Waals surface area contributed by atoms with Gasteiger partial charge < -0.3 is 19.7 Å². The van der Waals surface area contributed by atoms with Crippen molar-refractivity contribution in [3.05, 3.63) is 11.6 Å². The van der Waals surface area contributed by atoms with Crippen LogP contribution in [0.1, 0.15) is 5.56 Å². The number of rotatable bonds is 0. The van der Waals surface area contributed by atoms with E-state index in [1.54, 1.807) is 6.07 Å². The summed E-state index contributed by atoms with van der Waals surface area (Å²) < 4.78 is 15.7. The summed E-state index contributed by atoms with van der Waals surface area (Å²) in [6.45, 7) is 1.90. The number of fused-ring (bicyclic) bond motifs is 1. The Kier molecular flexibility index (Phi) is 0.821. The van der Waals surface area contributed by atoms with Crippen molar-refractivity contribution < 1.29 is 14.0 Å².